The number of anilines is 1. The first-order valence-electron chi connectivity index (χ1n) is 7.80. The fourth-order valence-electron chi connectivity index (χ4n) is 2.63. The minimum atomic E-state index is -0.271. The van der Waals surface area contributed by atoms with Gasteiger partial charge >= 0.3 is 0 Å². The molecular weight excluding hydrogens is 338 g/mol. The van der Waals surface area contributed by atoms with Crippen LogP contribution in [0.2, 0.25) is 0 Å². The normalized spacial score (nSPS) is 12.1. The Bertz CT molecular complexity index is 985. The zero-order valence-electron chi connectivity index (χ0n) is 14.1. The van der Waals surface area contributed by atoms with Gasteiger partial charge in [0.2, 0.25) is 6.79 Å². The number of carbonyl (C=O) groups is 1. The van der Waals surface area contributed by atoms with Crippen molar-refractivity contribution in [1.29, 1.82) is 0 Å². The van der Waals surface area contributed by atoms with Gasteiger partial charge in [-0.25, -0.2) is 0 Å². The maximum Gasteiger partial charge on any atom is 0.255 e. The van der Waals surface area contributed by atoms with Crippen LogP contribution in [0.15, 0.2) is 36.4 Å². The van der Waals surface area contributed by atoms with Crippen LogP contribution in [-0.2, 0) is 0 Å². The van der Waals surface area contributed by atoms with E-state index in [2.05, 4.69) is 20.8 Å². The number of nitrogens with zero attached hydrogens (tertiary/aromatic N) is 4. The SMILES string of the molecule is COc1ccc(NC(=O)c2ccc3c(c2)OCO3)cc1-n1nnnc1C. The van der Waals surface area contributed by atoms with Crippen LogP contribution in [0.25, 0.3) is 5.69 Å². The van der Waals surface area contributed by atoms with Crippen LogP contribution >= 0.6 is 0 Å². The number of hydrogen-bond acceptors (Lipinski definition) is 7. The molecule has 1 amide bonds. The summed E-state index contributed by atoms with van der Waals surface area (Å²) in [5, 5.41) is 14.3. The molecule has 26 heavy (non-hydrogen) atoms. The van der Waals surface area contributed by atoms with Crippen molar-refractivity contribution in [3.8, 4) is 22.9 Å². The van der Waals surface area contributed by atoms with Crippen LogP contribution in [0.3, 0.4) is 0 Å². The summed E-state index contributed by atoms with van der Waals surface area (Å²) in [5.41, 5.74) is 1.67. The third-order valence-corrected chi connectivity index (χ3v) is 3.93. The summed E-state index contributed by atoms with van der Waals surface area (Å²) in [6.07, 6.45) is 0. The number of ether oxygens (including phenoxy) is 3. The maximum atomic E-state index is 12.5. The molecule has 1 aromatic heterocycles. The minimum absolute atomic E-state index is 0.160. The molecule has 132 valence electrons. The molecule has 0 saturated carbocycles. The molecule has 0 spiro atoms. The summed E-state index contributed by atoms with van der Waals surface area (Å²) in [5.74, 6) is 2.09. The molecule has 0 fully saturated rings. The molecule has 0 radical (unpaired) electrons. The van der Waals surface area contributed by atoms with Crippen molar-refractivity contribution in [1.82, 2.24) is 20.2 Å². The predicted octanol–water partition coefficient (Wildman–Crippen LogP) is 1.96. The summed E-state index contributed by atoms with van der Waals surface area (Å²) in [6.45, 7) is 1.94. The molecule has 0 saturated heterocycles. The van der Waals surface area contributed by atoms with E-state index in [1.807, 2.05) is 0 Å². The Hall–Kier alpha value is -3.62. The molecule has 0 unspecified atom stereocenters. The third kappa shape index (κ3) is 2.79. The van der Waals surface area contributed by atoms with Gasteiger partial charge in [-0.2, -0.15) is 4.68 Å². The van der Waals surface area contributed by atoms with Gasteiger partial charge in [-0.05, 0) is 53.7 Å². The summed E-state index contributed by atoms with van der Waals surface area (Å²) in [7, 11) is 1.56. The standard InChI is InChI=1S/C17H15N5O4/c1-10-19-20-21-22(10)13-8-12(4-6-14(13)24-2)18-17(23)11-3-5-15-16(7-11)26-9-25-15/h3-8H,9H2,1-2H3,(H,18,23). The molecule has 1 aliphatic rings. The Labute approximate surface area is 148 Å². The molecule has 2 aromatic carbocycles. The van der Waals surface area contributed by atoms with E-state index in [1.165, 1.54) is 4.68 Å². The highest BCUT2D eigenvalue weighted by Gasteiger charge is 2.17. The topological polar surface area (TPSA) is 100 Å². The Morgan fingerprint density at radius 2 is 2.04 bits per heavy atom. The van der Waals surface area contributed by atoms with Crippen LogP contribution in [0.1, 0.15) is 16.2 Å². The molecule has 0 aliphatic carbocycles. The number of hydrogen-bond donors (Lipinski definition) is 1. The number of fused-ring (bicyclic) bond motifs is 1. The second-order valence-corrected chi connectivity index (χ2v) is 5.55. The number of amides is 1. The van der Waals surface area contributed by atoms with E-state index in [-0.39, 0.29) is 12.7 Å². The van der Waals surface area contributed by atoms with Crippen molar-refractivity contribution in [2.75, 3.05) is 19.2 Å². The molecule has 2 heterocycles. The highest BCUT2D eigenvalue weighted by Crippen LogP contribution is 2.33. The molecule has 1 aliphatic heterocycles. The van der Waals surface area contributed by atoms with Gasteiger partial charge in [-0.1, -0.05) is 0 Å². The van der Waals surface area contributed by atoms with Crippen molar-refractivity contribution in [2.24, 2.45) is 0 Å². The van der Waals surface area contributed by atoms with Crippen LogP contribution in [-0.4, -0.2) is 40.0 Å². The Kier molecular flexibility index (Phi) is 3.88. The fraction of sp³-hybridized carbons (Fsp3) is 0.176. The van der Waals surface area contributed by atoms with E-state index in [1.54, 1.807) is 50.4 Å². The molecule has 9 nitrogen and oxygen atoms in total. The summed E-state index contributed by atoms with van der Waals surface area (Å²) in [6, 6.07) is 10.3. The first-order chi connectivity index (χ1) is 12.7. The van der Waals surface area contributed by atoms with Gasteiger partial charge in [0.25, 0.3) is 5.91 Å². The number of tetrazole rings is 1. The van der Waals surface area contributed by atoms with Gasteiger partial charge in [0.15, 0.2) is 17.3 Å². The van der Waals surface area contributed by atoms with E-state index in [4.69, 9.17) is 14.2 Å². The molecule has 1 N–H and O–H groups in total. The van der Waals surface area contributed by atoms with Crippen molar-refractivity contribution in [3.05, 3.63) is 47.8 Å². The van der Waals surface area contributed by atoms with Crippen molar-refractivity contribution in [2.45, 2.75) is 6.92 Å². The highest BCUT2D eigenvalue weighted by atomic mass is 16.7. The summed E-state index contributed by atoms with van der Waals surface area (Å²) >= 11 is 0. The molecule has 0 bridgehead atoms. The number of nitrogens with one attached hydrogen (secondary N) is 1. The molecule has 9 heteroatoms. The van der Waals surface area contributed by atoms with Crippen molar-refractivity contribution < 1.29 is 19.0 Å². The highest BCUT2D eigenvalue weighted by molar-refractivity contribution is 6.04. The van der Waals surface area contributed by atoms with Crippen LogP contribution in [0.4, 0.5) is 5.69 Å². The molecule has 4 rings (SSSR count). The van der Waals surface area contributed by atoms with Crippen LogP contribution in [0.5, 0.6) is 17.2 Å². The maximum absolute atomic E-state index is 12.5. The van der Waals surface area contributed by atoms with Gasteiger partial charge in [0.05, 0.1) is 7.11 Å². The lowest BCUT2D eigenvalue weighted by Crippen LogP contribution is -2.12. The quantitative estimate of drug-likeness (QED) is 0.765. The summed E-state index contributed by atoms with van der Waals surface area (Å²) < 4.78 is 17.5. The van der Waals surface area contributed by atoms with Gasteiger partial charge in [-0.15, -0.1) is 5.10 Å². The lowest BCUT2D eigenvalue weighted by molar-refractivity contribution is 0.102. The van der Waals surface area contributed by atoms with Crippen molar-refractivity contribution in [3.63, 3.8) is 0 Å². The van der Waals surface area contributed by atoms with E-state index >= 15 is 0 Å². The average molecular weight is 353 g/mol. The van der Waals surface area contributed by atoms with Crippen LogP contribution < -0.4 is 19.5 Å². The second kappa shape index (κ2) is 6.36. The second-order valence-electron chi connectivity index (χ2n) is 5.55. The molecule has 0 atom stereocenters. The monoisotopic (exact) mass is 353 g/mol. The zero-order chi connectivity index (χ0) is 18.1. The number of aryl methyl sites for hydroxylation is 1. The number of rotatable bonds is 4. The van der Waals surface area contributed by atoms with E-state index in [9.17, 15) is 4.79 Å². The van der Waals surface area contributed by atoms with Gasteiger partial charge in [0.1, 0.15) is 11.4 Å². The van der Waals surface area contributed by atoms with Gasteiger partial charge in [-0.3, -0.25) is 4.79 Å². The fourth-order valence-corrected chi connectivity index (χ4v) is 2.63. The lowest BCUT2D eigenvalue weighted by Gasteiger charge is -2.12. The van der Waals surface area contributed by atoms with Crippen molar-refractivity contribution >= 4 is 11.6 Å². The lowest BCUT2D eigenvalue weighted by atomic mass is 10.1. The first-order valence-corrected chi connectivity index (χ1v) is 7.80. The van der Waals surface area contributed by atoms with E-state index < -0.39 is 0 Å². The third-order valence-electron chi connectivity index (χ3n) is 3.93. The number of aromatic nitrogens is 4. The van der Waals surface area contributed by atoms with E-state index in [0.29, 0.717) is 40.0 Å². The predicted molar refractivity (Wildman–Crippen MR) is 91.0 cm³/mol. The van der Waals surface area contributed by atoms with Gasteiger partial charge < -0.3 is 19.5 Å². The first kappa shape index (κ1) is 15.9. The number of benzene rings is 2. The van der Waals surface area contributed by atoms with E-state index in [0.717, 1.165) is 0 Å². The zero-order valence-corrected chi connectivity index (χ0v) is 14.1. The number of carbonyl (C=O) groups excluding carboxylic acids is 1. The molecular formula is C17H15N5O4. The minimum Gasteiger partial charge on any atom is -0.494 e. The Morgan fingerprint density at radius 1 is 1.19 bits per heavy atom. The Balaban J connectivity index is 1.62. The average Bonchev–Trinajstić information content (AvgIpc) is 3.29. The largest absolute Gasteiger partial charge is 0.494 e. The molecule has 3 aromatic rings. The summed E-state index contributed by atoms with van der Waals surface area (Å²) in [4.78, 5) is 12.5. The van der Waals surface area contributed by atoms with Crippen LogP contribution in [0, 0.1) is 6.92 Å². The number of methoxy groups -OCH3 is 1. The van der Waals surface area contributed by atoms with Gasteiger partial charge in [0, 0.05) is 11.3 Å². The Morgan fingerprint density at radius 3 is 2.81 bits per heavy atom. The smallest absolute Gasteiger partial charge is 0.255 e.